The largest absolute Gasteiger partial charge is 0.312 e. The van der Waals surface area contributed by atoms with E-state index in [1.807, 2.05) is 0 Å². The molecule has 0 saturated heterocycles. The molecular formula is C10H6O5S2. The average molecular weight is 270 g/mol. The fourth-order valence-electron chi connectivity index (χ4n) is 1.80. The SMILES string of the molecule is O=S1(=O)OS(=O)(=O)c2cccc3cc1ccc23. The molecule has 0 amide bonds. The van der Waals surface area contributed by atoms with Crippen molar-refractivity contribution in [2.75, 3.05) is 0 Å². The van der Waals surface area contributed by atoms with E-state index in [0.717, 1.165) is 0 Å². The van der Waals surface area contributed by atoms with E-state index in [1.54, 1.807) is 12.1 Å². The lowest BCUT2D eigenvalue weighted by molar-refractivity contribution is 0.462. The third-order valence-electron chi connectivity index (χ3n) is 2.55. The van der Waals surface area contributed by atoms with Gasteiger partial charge in [0.15, 0.2) is 0 Å². The second-order valence-electron chi connectivity index (χ2n) is 3.62. The van der Waals surface area contributed by atoms with Crippen molar-refractivity contribution in [2.24, 2.45) is 0 Å². The fraction of sp³-hybridized carbons (Fsp3) is 0. The van der Waals surface area contributed by atoms with E-state index in [0.29, 0.717) is 10.8 Å². The predicted molar refractivity (Wildman–Crippen MR) is 59.4 cm³/mol. The molecule has 4 rings (SSSR count). The van der Waals surface area contributed by atoms with Gasteiger partial charge in [-0.1, -0.05) is 18.2 Å². The van der Waals surface area contributed by atoms with Gasteiger partial charge in [0.25, 0.3) is 0 Å². The lowest BCUT2D eigenvalue weighted by atomic mass is 10.1. The van der Waals surface area contributed by atoms with E-state index in [-0.39, 0.29) is 9.79 Å². The van der Waals surface area contributed by atoms with Gasteiger partial charge in [0, 0.05) is 5.39 Å². The third kappa shape index (κ3) is 1.47. The monoisotopic (exact) mass is 270 g/mol. The Morgan fingerprint density at radius 3 is 2.41 bits per heavy atom. The molecule has 7 heteroatoms. The molecule has 17 heavy (non-hydrogen) atoms. The summed E-state index contributed by atoms with van der Waals surface area (Å²) in [6, 6.07) is 8.70. The van der Waals surface area contributed by atoms with Crippen molar-refractivity contribution in [1.29, 1.82) is 0 Å². The van der Waals surface area contributed by atoms with Crippen LogP contribution in [0.5, 0.6) is 0 Å². The summed E-state index contributed by atoms with van der Waals surface area (Å²) < 4.78 is 51.1. The number of fused-ring (bicyclic) bond motifs is 3. The summed E-state index contributed by atoms with van der Waals surface area (Å²) in [6.45, 7) is 0. The first kappa shape index (κ1) is 10.7. The number of benzene rings is 2. The molecule has 88 valence electrons. The Morgan fingerprint density at radius 1 is 0.882 bits per heavy atom. The van der Waals surface area contributed by atoms with Crippen LogP contribution in [0.2, 0.25) is 0 Å². The van der Waals surface area contributed by atoms with Crippen LogP contribution in [0.25, 0.3) is 10.8 Å². The number of rotatable bonds is 0. The molecule has 2 aliphatic heterocycles. The van der Waals surface area contributed by atoms with E-state index in [9.17, 15) is 16.8 Å². The maximum atomic E-state index is 11.8. The molecule has 0 atom stereocenters. The Labute approximate surface area is 97.9 Å². The van der Waals surface area contributed by atoms with Gasteiger partial charge in [-0.05, 0) is 23.6 Å². The molecule has 0 radical (unpaired) electrons. The zero-order chi connectivity index (χ0) is 12.3. The van der Waals surface area contributed by atoms with Crippen LogP contribution < -0.4 is 0 Å². The van der Waals surface area contributed by atoms with E-state index in [2.05, 4.69) is 3.63 Å². The van der Waals surface area contributed by atoms with Gasteiger partial charge in [0.2, 0.25) is 0 Å². The van der Waals surface area contributed by atoms with Crippen LogP contribution in [0.15, 0.2) is 46.2 Å². The maximum Gasteiger partial charge on any atom is 0.312 e. The topological polar surface area (TPSA) is 77.5 Å². The van der Waals surface area contributed by atoms with Crippen LogP contribution >= 0.6 is 0 Å². The third-order valence-corrected chi connectivity index (χ3v) is 5.71. The van der Waals surface area contributed by atoms with Gasteiger partial charge in [-0.15, -0.1) is 3.63 Å². The molecule has 0 spiro atoms. The van der Waals surface area contributed by atoms with Crippen LogP contribution in [-0.2, 0) is 23.9 Å². The highest BCUT2D eigenvalue weighted by Gasteiger charge is 2.31. The predicted octanol–water partition coefficient (Wildman–Crippen LogP) is 1.25. The quantitative estimate of drug-likeness (QED) is 0.720. The zero-order valence-corrected chi connectivity index (χ0v) is 9.95. The van der Waals surface area contributed by atoms with E-state index >= 15 is 0 Å². The van der Waals surface area contributed by atoms with Gasteiger partial charge in [0.05, 0.1) is 4.90 Å². The van der Waals surface area contributed by atoms with Crippen molar-refractivity contribution in [3.63, 3.8) is 0 Å². The fourth-order valence-corrected chi connectivity index (χ4v) is 4.56. The molecule has 0 saturated carbocycles. The summed E-state index contributed by atoms with van der Waals surface area (Å²) in [5.74, 6) is 0. The van der Waals surface area contributed by atoms with Gasteiger partial charge < -0.3 is 0 Å². The molecule has 2 aromatic carbocycles. The molecule has 2 heterocycles. The van der Waals surface area contributed by atoms with Crippen LogP contribution in [0.1, 0.15) is 0 Å². The van der Waals surface area contributed by atoms with Crippen LogP contribution in [0, 0.1) is 0 Å². The van der Waals surface area contributed by atoms with Crippen LogP contribution in [-0.4, -0.2) is 16.8 Å². The van der Waals surface area contributed by atoms with Gasteiger partial charge in [0.1, 0.15) is 4.90 Å². The lowest BCUT2D eigenvalue weighted by Crippen LogP contribution is -2.16. The Bertz CT molecular complexity index is 834. The Hall–Kier alpha value is -1.44. The molecule has 5 nitrogen and oxygen atoms in total. The van der Waals surface area contributed by atoms with Crippen LogP contribution in [0.3, 0.4) is 0 Å². The van der Waals surface area contributed by atoms with Crippen molar-refractivity contribution in [1.82, 2.24) is 0 Å². The number of hydrogen-bond donors (Lipinski definition) is 0. The van der Waals surface area contributed by atoms with Gasteiger partial charge in [-0.3, -0.25) is 0 Å². The summed E-state index contributed by atoms with van der Waals surface area (Å²) in [7, 11) is -8.55. The molecule has 0 N–H and O–H groups in total. The summed E-state index contributed by atoms with van der Waals surface area (Å²) in [5, 5.41) is 1.00. The summed E-state index contributed by atoms with van der Waals surface area (Å²) in [5.41, 5.74) is 0. The summed E-state index contributed by atoms with van der Waals surface area (Å²) in [6.07, 6.45) is 0. The van der Waals surface area contributed by atoms with E-state index in [4.69, 9.17) is 0 Å². The van der Waals surface area contributed by atoms with Crippen molar-refractivity contribution in [3.05, 3.63) is 36.4 Å². The van der Waals surface area contributed by atoms with Gasteiger partial charge in [-0.2, -0.15) is 16.8 Å². The van der Waals surface area contributed by atoms with Gasteiger partial charge in [-0.25, -0.2) is 0 Å². The highest BCUT2D eigenvalue weighted by atomic mass is 32.3. The molecular weight excluding hydrogens is 264 g/mol. The van der Waals surface area contributed by atoms with E-state index < -0.39 is 20.2 Å². The average Bonchev–Trinajstić information content (AvgIpc) is 2.25. The maximum absolute atomic E-state index is 11.8. The Morgan fingerprint density at radius 2 is 1.65 bits per heavy atom. The molecule has 0 fully saturated rings. The number of hydrogen-bond acceptors (Lipinski definition) is 5. The van der Waals surface area contributed by atoms with Gasteiger partial charge >= 0.3 is 20.2 Å². The normalized spacial score (nSPS) is 20.2. The first-order chi connectivity index (χ1) is 7.90. The highest BCUT2D eigenvalue weighted by Crippen LogP contribution is 2.32. The van der Waals surface area contributed by atoms with Crippen molar-refractivity contribution in [3.8, 4) is 0 Å². The smallest absolute Gasteiger partial charge is 0.193 e. The molecule has 0 aromatic heterocycles. The first-order valence-electron chi connectivity index (χ1n) is 4.64. The summed E-state index contributed by atoms with van der Waals surface area (Å²) in [4.78, 5) is -0.296. The molecule has 2 aliphatic rings. The van der Waals surface area contributed by atoms with Crippen molar-refractivity contribution >= 4 is 31.0 Å². The van der Waals surface area contributed by atoms with Crippen LogP contribution in [0.4, 0.5) is 0 Å². The molecule has 0 unspecified atom stereocenters. The molecule has 4 bridgehead atoms. The van der Waals surface area contributed by atoms with E-state index in [1.165, 1.54) is 24.3 Å². The van der Waals surface area contributed by atoms with Crippen molar-refractivity contribution in [2.45, 2.75) is 9.79 Å². The highest BCUT2D eigenvalue weighted by molar-refractivity contribution is 8.00. The molecule has 0 aliphatic carbocycles. The van der Waals surface area contributed by atoms with Crippen molar-refractivity contribution < 1.29 is 20.5 Å². The second kappa shape index (κ2) is 3.06. The standard InChI is InChI=1S/C10H6O5S2/c11-16(12)8-4-5-9-7(6-8)2-1-3-10(9)17(13,14)15-16/h1-6H. The molecule has 2 aromatic rings. The minimum absolute atomic E-state index is 0.134. The minimum Gasteiger partial charge on any atom is -0.193 e. The minimum atomic E-state index is -4.28. The Kier molecular flexibility index (Phi) is 1.93. The second-order valence-corrected chi connectivity index (χ2v) is 6.89. The first-order valence-corrected chi connectivity index (χ1v) is 7.46. The lowest BCUT2D eigenvalue weighted by Gasteiger charge is -2.13. The zero-order valence-electron chi connectivity index (χ0n) is 8.32. The summed E-state index contributed by atoms with van der Waals surface area (Å²) >= 11 is 0. The Balaban J connectivity index is 2.65.